The summed E-state index contributed by atoms with van der Waals surface area (Å²) >= 11 is 0. The lowest BCUT2D eigenvalue weighted by Gasteiger charge is -2.20. The molecule has 1 heterocycles. The van der Waals surface area contributed by atoms with Crippen LogP contribution in [0.3, 0.4) is 0 Å². The zero-order valence-corrected chi connectivity index (χ0v) is 11.5. The second-order valence-corrected chi connectivity index (χ2v) is 5.05. The average Bonchev–Trinajstić information content (AvgIpc) is 2.61. The molecule has 0 spiro atoms. The van der Waals surface area contributed by atoms with Crippen molar-refractivity contribution in [1.82, 2.24) is 10.2 Å². The molecule has 0 saturated carbocycles. The predicted molar refractivity (Wildman–Crippen MR) is 75.2 cm³/mol. The van der Waals surface area contributed by atoms with Crippen LogP contribution in [0.15, 0.2) is 24.3 Å². The summed E-state index contributed by atoms with van der Waals surface area (Å²) in [5.41, 5.74) is 1.31. The number of nitrogens with one attached hydrogen (secondary N) is 1. The van der Waals surface area contributed by atoms with Crippen molar-refractivity contribution in [3.8, 4) is 5.75 Å². The molecule has 1 unspecified atom stereocenters. The molecule has 0 amide bonds. The molecular formula is C15H24N2O. The van der Waals surface area contributed by atoms with E-state index < -0.39 is 0 Å². The Labute approximate surface area is 110 Å². The van der Waals surface area contributed by atoms with Crippen molar-refractivity contribution in [2.45, 2.75) is 25.8 Å². The Morgan fingerprint density at radius 1 is 1.33 bits per heavy atom. The molecule has 2 rings (SSSR count). The van der Waals surface area contributed by atoms with Crippen molar-refractivity contribution in [1.29, 1.82) is 0 Å². The van der Waals surface area contributed by atoms with Gasteiger partial charge in [0.05, 0.1) is 7.11 Å². The average molecular weight is 248 g/mol. The Balaban J connectivity index is 1.87. The van der Waals surface area contributed by atoms with Crippen LogP contribution in [-0.2, 0) is 6.42 Å². The summed E-state index contributed by atoms with van der Waals surface area (Å²) in [7, 11) is 1.75. The lowest BCUT2D eigenvalue weighted by atomic mass is 10.1. The summed E-state index contributed by atoms with van der Waals surface area (Å²) in [5.74, 6) is 1.01. The first-order valence-electron chi connectivity index (χ1n) is 6.87. The third kappa shape index (κ3) is 3.72. The van der Waals surface area contributed by atoms with Crippen LogP contribution in [0, 0.1) is 0 Å². The fourth-order valence-corrected chi connectivity index (χ4v) is 2.47. The normalized spacial score (nSPS) is 21.6. The van der Waals surface area contributed by atoms with Gasteiger partial charge in [-0.2, -0.15) is 0 Å². The zero-order valence-electron chi connectivity index (χ0n) is 11.5. The Kier molecular flexibility index (Phi) is 5.02. The third-order valence-electron chi connectivity index (χ3n) is 3.69. The minimum atomic E-state index is 0.654. The summed E-state index contributed by atoms with van der Waals surface area (Å²) in [6.07, 6.45) is 2.31. The lowest BCUT2D eigenvalue weighted by Crippen LogP contribution is -2.30. The number of benzene rings is 1. The van der Waals surface area contributed by atoms with E-state index in [-0.39, 0.29) is 0 Å². The molecule has 1 aromatic carbocycles. The molecular weight excluding hydrogens is 224 g/mol. The SMILES string of the molecule is COc1ccccc1CCN1CCNC(C)CC1. The van der Waals surface area contributed by atoms with Crippen molar-refractivity contribution >= 4 is 0 Å². The molecule has 1 aliphatic rings. The predicted octanol–water partition coefficient (Wildman–Crippen LogP) is 1.92. The van der Waals surface area contributed by atoms with Crippen LogP contribution in [-0.4, -0.2) is 44.2 Å². The second kappa shape index (κ2) is 6.76. The summed E-state index contributed by atoms with van der Waals surface area (Å²) in [4.78, 5) is 2.54. The first-order valence-corrected chi connectivity index (χ1v) is 6.87. The fourth-order valence-electron chi connectivity index (χ4n) is 2.47. The summed E-state index contributed by atoms with van der Waals surface area (Å²) < 4.78 is 5.40. The van der Waals surface area contributed by atoms with Gasteiger partial charge in [-0.3, -0.25) is 0 Å². The van der Waals surface area contributed by atoms with E-state index in [0.29, 0.717) is 6.04 Å². The minimum Gasteiger partial charge on any atom is -0.496 e. The fraction of sp³-hybridized carbons (Fsp3) is 0.600. The monoisotopic (exact) mass is 248 g/mol. The molecule has 1 aromatic rings. The number of hydrogen-bond acceptors (Lipinski definition) is 3. The standard InChI is InChI=1S/C15H24N2O/c1-13-7-10-17(12-9-16-13)11-8-14-5-3-4-6-15(14)18-2/h3-6,13,16H,7-12H2,1-2H3. The lowest BCUT2D eigenvalue weighted by molar-refractivity contribution is 0.292. The molecule has 0 bridgehead atoms. The van der Waals surface area contributed by atoms with E-state index in [0.717, 1.165) is 31.8 Å². The van der Waals surface area contributed by atoms with Crippen molar-refractivity contribution in [2.75, 3.05) is 33.3 Å². The van der Waals surface area contributed by atoms with Crippen LogP contribution < -0.4 is 10.1 Å². The molecule has 100 valence electrons. The minimum absolute atomic E-state index is 0.654. The highest BCUT2D eigenvalue weighted by Gasteiger charge is 2.13. The summed E-state index contributed by atoms with van der Waals surface area (Å²) in [5, 5.41) is 3.53. The highest BCUT2D eigenvalue weighted by atomic mass is 16.5. The van der Waals surface area contributed by atoms with Gasteiger partial charge in [-0.25, -0.2) is 0 Å². The maximum Gasteiger partial charge on any atom is 0.122 e. The highest BCUT2D eigenvalue weighted by Crippen LogP contribution is 2.18. The van der Waals surface area contributed by atoms with Crippen molar-refractivity contribution < 1.29 is 4.74 Å². The van der Waals surface area contributed by atoms with Crippen LogP contribution in [0.4, 0.5) is 0 Å². The first-order chi connectivity index (χ1) is 8.79. The van der Waals surface area contributed by atoms with Crippen LogP contribution in [0.25, 0.3) is 0 Å². The number of ether oxygens (including phenoxy) is 1. The number of para-hydroxylation sites is 1. The Bertz CT molecular complexity index is 367. The smallest absolute Gasteiger partial charge is 0.122 e. The molecule has 3 nitrogen and oxygen atoms in total. The maximum atomic E-state index is 5.40. The molecule has 1 atom stereocenters. The number of hydrogen-bond donors (Lipinski definition) is 1. The van der Waals surface area contributed by atoms with Gasteiger partial charge in [-0.15, -0.1) is 0 Å². The highest BCUT2D eigenvalue weighted by molar-refractivity contribution is 5.33. The Morgan fingerprint density at radius 3 is 3.00 bits per heavy atom. The Hall–Kier alpha value is -1.06. The molecule has 3 heteroatoms. The Morgan fingerprint density at radius 2 is 2.17 bits per heavy atom. The molecule has 1 fully saturated rings. The first kappa shape index (κ1) is 13.4. The van der Waals surface area contributed by atoms with Crippen molar-refractivity contribution in [3.63, 3.8) is 0 Å². The largest absolute Gasteiger partial charge is 0.496 e. The van der Waals surface area contributed by atoms with Crippen LogP contribution >= 0.6 is 0 Å². The van der Waals surface area contributed by atoms with E-state index in [2.05, 4.69) is 29.3 Å². The van der Waals surface area contributed by atoms with Gasteiger partial charge in [-0.05, 0) is 37.9 Å². The molecule has 1 saturated heterocycles. The van der Waals surface area contributed by atoms with Crippen molar-refractivity contribution in [2.24, 2.45) is 0 Å². The maximum absolute atomic E-state index is 5.40. The molecule has 18 heavy (non-hydrogen) atoms. The molecule has 0 aromatic heterocycles. The second-order valence-electron chi connectivity index (χ2n) is 5.05. The van der Waals surface area contributed by atoms with Gasteiger partial charge in [0.2, 0.25) is 0 Å². The zero-order chi connectivity index (χ0) is 12.8. The molecule has 0 aliphatic carbocycles. The number of rotatable bonds is 4. The number of nitrogens with zero attached hydrogens (tertiary/aromatic N) is 1. The van der Waals surface area contributed by atoms with Gasteiger partial charge < -0.3 is 15.0 Å². The summed E-state index contributed by atoms with van der Waals surface area (Å²) in [6, 6.07) is 8.98. The number of methoxy groups -OCH3 is 1. The van der Waals surface area contributed by atoms with Gasteiger partial charge in [0.1, 0.15) is 5.75 Å². The van der Waals surface area contributed by atoms with Gasteiger partial charge >= 0.3 is 0 Å². The topological polar surface area (TPSA) is 24.5 Å². The molecule has 1 N–H and O–H groups in total. The van der Waals surface area contributed by atoms with Gasteiger partial charge in [0, 0.05) is 25.7 Å². The molecule has 0 radical (unpaired) electrons. The van der Waals surface area contributed by atoms with E-state index in [4.69, 9.17) is 4.74 Å². The van der Waals surface area contributed by atoms with Gasteiger partial charge in [-0.1, -0.05) is 18.2 Å². The van der Waals surface area contributed by atoms with Crippen LogP contribution in [0.2, 0.25) is 0 Å². The van der Waals surface area contributed by atoms with Crippen molar-refractivity contribution in [3.05, 3.63) is 29.8 Å². The third-order valence-corrected chi connectivity index (χ3v) is 3.69. The summed E-state index contributed by atoms with van der Waals surface area (Å²) in [6.45, 7) is 6.84. The van der Waals surface area contributed by atoms with Gasteiger partial charge in [0.25, 0.3) is 0 Å². The van der Waals surface area contributed by atoms with Gasteiger partial charge in [0.15, 0.2) is 0 Å². The van der Waals surface area contributed by atoms with E-state index in [9.17, 15) is 0 Å². The van der Waals surface area contributed by atoms with E-state index in [1.807, 2.05) is 12.1 Å². The van der Waals surface area contributed by atoms with E-state index in [1.165, 1.54) is 18.5 Å². The molecule has 1 aliphatic heterocycles. The van der Waals surface area contributed by atoms with Crippen LogP contribution in [0.5, 0.6) is 5.75 Å². The quantitative estimate of drug-likeness (QED) is 0.881. The van der Waals surface area contributed by atoms with E-state index >= 15 is 0 Å². The van der Waals surface area contributed by atoms with Crippen LogP contribution in [0.1, 0.15) is 18.9 Å². The van der Waals surface area contributed by atoms with E-state index in [1.54, 1.807) is 7.11 Å².